The molecule has 200 valence electrons. The van der Waals surface area contributed by atoms with E-state index in [9.17, 15) is 4.79 Å². The van der Waals surface area contributed by atoms with E-state index >= 15 is 0 Å². The second-order valence-corrected chi connectivity index (χ2v) is 10.6. The van der Waals surface area contributed by atoms with Crippen LogP contribution in [0, 0.1) is 13.8 Å². The van der Waals surface area contributed by atoms with Gasteiger partial charge in [-0.15, -0.1) is 10.2 Å². The third kappa shape index (κ3) is 8.08. The lowest BCUT2D eigenvalue weighted by molar-refractivity contribution is 0.0636. The van der Waals surface area contributed by atoms with E-state index in [0.29, 0.717) is 16.2 Å². The molecule has 2 aromatic heterocycles. The number of nitrogens with one attached hydrogen (secondary N) is 1. The normalized spacial score (nSPS) is 10.9. The van der Waals surface area contributed by atoms with Gasteiger partial charge in [0.05, 0.1) is 11.4 Å². The highest BCUT2D eigenvalue weighted by atomic mass is 79.9. The van der Waals surface area contributed by atoms with Crippen LogP contribution in [0.15, 0.2) is 90.2 Å². The summed E-state index contributed by atoms with van der Waals surface area (Å²) in [5.74, 6) is 0.620. The van der Waals surface area contributed by atoms with Crippen LogP contribution in [0.4, 0.5) is 10.5 Å². The SMILES string of the molecule is Cc1ccc(-n2cnc(-c3ccc(NC(=O)OC(C)(C)C)cc3)n2)cc1.Cc1ccc(-n2cnc(Br)n2)cc1. The van der Waals surface area contributed by atoms with Crippen molar-refractivity contribution in [2.75, 3.05) is 5.32 Å². The zero-order valence-corrected chi connectivity index (χ0v) is 24.0. The minimum absolute atomic E-state index is 0.480. The first-order valence-corrected chi connectivity index (χ1v) is 13.1. The van der Waals surface area contributed by atoms with E-state index in [0.717, 1.165) is 16.9 Å². The number of ether oxygens (including phenoxy) is 1. The maximum atomic E-state index is 11.8. The van der Waals surface area contributed by atoms with Crippen LogP contribution in [-0.2, 0) is 4.74 Å². The van der Waals surface area contributed by atoms with Crippen molar-refractivity contribution in [3.8, 4) is 22.8 Å². The van der Waals surface area contributed by atoms with Gasteiger partial charge < -0.3 is 4.74 Å². The van der Waals surface area contributed by atoms with Gasteiger partial charge in [0, 0.05) is 11.3 Å². The Bertz CT molecular complexity index is 1520. The number of hydrogen-bond acceptors (Lipinski definition) is 6. The number of carbonyl (C=O) groups is 1. The predicted molar refractivity (Wildman–Crippen MR) is 155 cm³/mol. The van der Waals surface area contributed by atoms with Gasteiger partial charge in [-0.25, -0.2) is 24.1 Å². The van der Waals surface area contributed by atoms with E-state index in [1.807, 2.05) is 88.4 Å². The monoisotopic (exact) mass is 587 g/mol. The second-order valence-electron chi connectivity index (χ2n) is 9.85. The molecule has 0 atom stereocenters. The Hall–Kier alpha value is -4.31. The fraction of sp³-hybridized carbons (Fsp3) is 0.207. The van der Waals surface area contributed by atoms with Gasteiger partial charge >= 0.3 is 6.09 Å². The van der Waals surface area contributed by atoms with Gasteiger partial charge in [0.1, 0.15) is 18.3 Å². The molecule has 9 nitrogen and oxygen atoms in total. The Balaban J connectivity index is 0.000000226. The molecule has 39 heavy (non-hydrogen) atoms. The van der Waals surface area contributed by atoms with Gasteiger partial charge in [-0.1, -0.05) is 35.4 Å². The smallest absolute Gasteiger partial charge is 0.412 e. The summed E-state index contributed by atoms with van der Waals surface area (Å²) in [5.41, 5.74) is 5.40. The van der Waals surface area contributed by atoms with Crippen molar-refractivity contribution in [1.29, 1.82) is 0 Å². The number of anilines is 1. The molecule has 0 aliphatic rings. The lowest BCUT2D eigenvalue weighted by atomic mass is 10.2. The molecule has 5 rings (SSSR count). The van der Waals surface area contributed by atoms with Crippen molar-refractivity contribution in [3.63, 3.8) is 0 Å². The van der Waals surface area contributed by atoms with Crippen molar-refractivity contribution in [1.82, 2.24) is 29.5 Å². The van der Waals surface area contributed by atoms with Crippen molar-refractivity contribution < 1.29 is 9.53 Å². The number of carbonyl (C=O) groups excluding carboxylic acids is 1. The topological polar surface area (TPSA) is 99.8 Å². The van der Waals surface area contributed by atoms with E-state index in [1.165, 1.54) is 11.1 Å². The van der Waals surface area contributed by atoms with E-state index < -0.39 is 11.7 Å². The Labute approximate surface area is 236 Å². The average molecular weight is 589 g/mol. The molecule has 2 heterocycles. The van der Waals surface area contributed by atoms with Crippen molar-refractivity contribution in [3.05, 3.63) is 101 Å². The summed E-state index contributed by atoms with van der Waals surface area (Å²) in [6.45, 7) is 9.58. The molecule has 0 spiro atoms. The molecule has 3 aromatic carbocycles. The van der Waals surface area contributed by atoms with Crippen LogP contribution < -0.4 is 5.32 Å². The summed E-state index contributed by atoms with van der Waals surface area (Å²) in [7, 11) is 0. The molecular formula is C29H30BrN7O2. The number of hydrogen-bond donors (Lipinski definition) is 1. The maximum Gasteiger partial charge on any atom is 0.412 e. The molecular weight excluding hydrogens is 558 g/mol. The molecule has 1 amide bonds. The summed E-state index contributed by atoms with van der Waals surface area (Å²) in [6, 6.07) is 23.5. The fourth-order valence-electron chi connectivity index (χ4n) is 3.41. The van der Waals surface area contributed by atoms with Gasteiger partial charge in [0.2, 0.25) is 4.73 Å². The predicted octanol–water partition coefficient (Wildman–Crippen LogP) is 6.93. The summed E-state index contributed by atoms with van der Waals surface area (Å²) < 4.78 is 9.31. The van der Waals surface area contributed by atoms with Crippen LogP contribution in [0.3, 0.4) is 0 Å². The molecule has 0 aliphatic heterocycles. The molecule has 0 fully saturated rings. The number of nitrogens with zero attached hydrogens (tertiary/aromatic N) is 6. The number of halogens is 1. The van der Waals surface area contributed by atoms with Gasteiger partial charge in [0.25, 0.3) is 0 Å². The molecule has 10 heteroatoms. The van der Waals surface area contributed by atoms with Crippen molar-refractivity contribution in [2.45, 2.75) is 40.2 Å². The zero-order chi connectivity index (χ0) is 28.0. The van der Waals surface area contributed by atoms with Crippen molar-refractivity contribution in [2.24, 2.45) is 0 Å². The van der Waals surface area contributed by atoms with Crippen LogP contribution in [0.1, 0.15) is 31.9 Å². The highest BCUT2D eigenvalue weighted by Crippen LogP contribution is 2.20. The van der Waals surface area contributed by atoms with E-state index in [2.05, 4.69) is 48.3 Å². The van der Waals surface area contributed by atoms with E-state index in [4.69, 9.17) is 4.74 Å². The summed E-state index contributed by atoms with van der Waals surface area (Å²) in [6.07, 6.45) is 2.88. The molecule has 0 saturated carbocycles. The first-order valence-electron chi connectivity index (χ1n) is 12.3. The molecule has 0 radical (unpaired) electrons. The highest BCUT2D eigenvalue weighted by Gasteiger charge is 2.16. The van der Waals surface area contributed by atoms with Crippen molar-refractivity contribution >= 4 is 27.7 Å². The van der Waals surface area contributed by atoms with Gasteiger partial charge in [-0.05, 0) is 99.1 Å². The van der Waals surface area contributed by atoms with E-state index in [1.54, 1.807) is 34.2 Å². The Morgan fingerprint density at radius 3 is 1.77 bits per heavy atom. The standard InChI is InChI=1S/C20H22N4O2.C9H8BrN3/c1-14-5-11-17(12-6-14)24-13-21-18(23-24)15-7-9-16(10-8-15)22-19(25)26-20(2,3)4;1-7-2-4-8(5-3-7)13-6-11-9(10)12-13/h5-13H,1-4H3,(H,22,25);2-6H,1H3. The molecule has 0 aliphatic carbocycles. The second kappa shape index (κ2) is 12.0. The number of amides is 1. The minimum atomic E-state index is -0.531. The number of aryl methyl sites for hydroxylation is 2. The molecule has 5 aromatic rings. The quantitative estimate of drug-likeness (QED) is 0.245. The van der Waals surface area contributed by atoms with Crippen LogP contribution in [0.25, 0.3) is 22.8 Å². The summed E-state index contributed by atoms with van der Waals surface area (Å²) >= 11 is 3.20. The molecule has 0 bridgehead atoms. The zero-order valence-electron chi connectivity index (χ0n) is 22.5. The third-order valence-corrected chi connectivity index (χ3v) is 5.70. The average Bonchev–Trinajstić information content (AvgIpc) is 3.54. The number of aromatic nitrogens is 6. The first kappa shape index (κ1) is 27.7. The van der Waals surface area contributed by atoms with E-state index in [-0.39, 0.29) is 0 Å². The first-order chi connectivity index (χ1) is 18.6. The maximum absolute atomic E-state index is 11.8. The Morgan fingerprint density at radius 1 is 0.769 bits per heavy atom. The summed E-state index contributed by atoms with van der Waals surface area (Å²) in [4.78, 5) is 20.2. The Morgan fingerprint density at radius 2 is 1.28 bits per heavy atom. The lowest BCUT2D eigenvalue weighted by Gasteiger charge is -2.19. The van der Waals surface area contributed by atoms with Gasteiger partial charge in [-0.3, -0.25) is 5.32 Å². The largest absolute Gasteiger partial charge is 0.444 e. The number of benzene rings is 3. The number of rotatable bonds is 4. The molecule has 0 unspecified atom stereocenters. The van der Waals surface area contributed by atoms with Gasteiger partial charge in [0.15, 0.2) is 5.82 Å². The van der Waals surface area contributed by atoms with Crippen LogP contribution in [0.2, 0.25) is 0 Å². The highest BCUT2D eigenvalue weighted by molar-refractivity contribution is 9.10. The van der Waals surface area contributed by atoms with Crippen LogP contribution in [0.5, 0.6) is 0 Å². The molecule has 0 saturated heterocycles. The molecule has 1 N–H and O–H groups in total. The van der Waals surface area contributed by atoms with Crippen LogP contribution >= 0.6 is 15.9 Å². The fourth-order valence-corrected chi connectivity index (χ4v) is 3.67. The Kier molecular flexibility index (Phi) is 8.55. The lowest BCUT2D eigenvalue weighted by Crippen LogP contribution is -2.27. The third-order valence-electron chi connectivity index (χ3n) is 5.34. The summed E-state index contributed by atoms with van der Waals surface area (Å²) in [5, 5.41) is 11.4. The van der Waals surface area contributed by atoms with Crippen LogP contribution in [-0.4, -0.2) is 41.2 Å². The van der Waals surface area contributed by atoms with Gasteiger partial charge in [-0.2, -0.15) is 0 Å². The minimum Gasteiger partial charge on any atom is -0.444 e.